The monoisotopic (exact) mass is 447 g/mol. The highest BCUT2D eigenvalue weighted by molar-refractivity contribution is 5.93. The number of carbonyl (C=O) groups is 2. The fraction of sp³-hybridized carbons (Fsp3) is 0.269. The van der Waals surface area contributed by atoms with Crippen LogP contribution in [0, 0.1) is 5.82 Å². The number of nitrogens with zero attached hydrogens (tertiary/aromatic N) is 2. The molecule has 0 aliphatic carbocycles. The lowest BCUT2D eigenvalue weighted by molar-refractivity contribution is -0.139. The van der Waals surface area contributed by atoms with Crippen molar-refractivity contribution < 1.29 is 18.7 Å². The minimum absolute atomic E-state index is 0.0867. The molecule has 1 aliphatic heterocycles. The van der Waals surface area contributed by atoms with E-state index in [1.807, 2.05) is 35.2 Å². The first-order chi connectivity index (χ1) is 16.0. The SMILES string of the molecule is NC(=O)c1ccc(-c2cccc([C@H]3CN(C(=O)CCCc4ccc(F)cc4)CCO3)n2)cc1. The van der Waals surface area contributed by atoms with Crippen molar-refractivity contribution in [1.82, 2.24) is 9.88 Å². The van der Waals surface area contributed by atoms with Gasteiger partial charge in [0.25, 0.3) is 0 Å². The zero-order valence-electron chi connectivity index (χ0n) is 18.2. The molecule has 3 aromatic rings. The van der Waals surface area contributed by atoms with Crippen molar-refractivity contribution >= 4 is 11.8 Å². The molecule has 2 amide bonds. The number of morpholine rings is 1. The van der Waals surface area contributed by atoms with Crippen molar-refractivity contribution in [3.05, 3.63) is 89.4 Å². The zero-order chi connectivity index (χ0) is 23.2. The van der Waals surface area contributed by atoms with Crippen LogP contribution in [0.25, 0.3) is 11.3 Å². The zero-order valence-corrected chi connectivity index (χ0v) is 18.2. The number of aryl methyl sites for hydroxylation is 1. The van der Waals surface area contributed by atoms with Crippen molar-refractivity contribution in [2.24, 2.45) is 5.73 Å². The summed E-state index contributed by atoms with van der Waals surface area (Å²) in [7, 11) is 0. The quantitative estimate of drug-likeness (QED) is 0.595. The normalized spacial score (nSPS) is 15.9. The number of ether oxygens (including phenoxy) is 1. The van der Waals surface area contributed by atoms with Crippen molar-refractivity contribution in [3.8, 4) is 11.3 Å². The lowest BCUT2D eigenvalue weighted by atomic mass is 10.1. The van der Waals surface area contributed by atoms with Gasteiger partial charge >= 0.3 is 0 Å². The molecular weight excluding hydrogens is 421 g/mol. The molecule has 1 aromatic heterocycles. The predicted octanol–water partition coefficient (Wildman–Crippen LogP) is 3.91. The van der Waals surface area contributed by atoms with Gasteiger partial charge in [-0.05, 0) is 54.8 Å². The molecule has 1 fully saturated rings. The Morgan fingerprint density at radius 2 is 1.82 bits per heavy atom. The largest absolute Gasteiger partial charge is 0.368 e. The van der Waals surface area contributed by atoms with Gasteiger partial charge in [0, 0.05) is 24.1 Å². The first kappa shape index (κ1) is 22.6. The Balaban J connectivity index is 1.36. The van der Waals surface area contributed by atoms with Gasteiger partial charge in [0.15, 0.2) is 0 Å². The Bertz CT molecular complexity index is 1120. The van der Waals surface area contributed by atoms with Gasteiger partial charge in [-0.15, -0.1) is 0 Å². The molecule has 33 heavy (non-hydrogen) atoms. The smallest absolute Gasteiger partial charge is 0.248 e. The number of hydrogen-bond donors (Lipinski definition) is 1. The summed E-state index contributed by atoms with van der Waals surface area (Å²) >= 11 is 0. The molecule has 4 rings (SSSR count). The highest BCUT2D eigenvalue weighted by Crippen LogP contribution is 2.25. The van der Waals surface area contributed by atoms with Gasteiger partial charge in [-0.2, -0.15) is 0 Å². The van der Waals surface area contributed by atoms with Crippen molar-refractivity contribution in [2.45, 2.75) is 25.4 Å². The van der Waals surface area contributed by atoms with Crippen LogP contribution in [-0.2, 0) is 16.0 Å². The van der Waals surface area contributed by atoms with E-state index in [1.54, 1.807) is 24.3 Å². The number of amides is 2. The van der Waals surface area contributed by atoms with Crippen LogP contribution in [0.5, 0.6) is 0 Å². The highest BCUT2D eigenvalue weighted by Gasteiger charge is 2.26. The number of primary amides is 1. The second-order valence-corrected chi connectivity index (χ2v) is 8.07. The predicted molar refractivity (Wildman–Crippen MR) is 123 cm³/mol. The van der Waals surface area contributed by atoms with Crippen LogP contribution in [0.4, 0.5) is 4.39 Å². The molecule has 0 spiro atoms. The van der Waals surface area contributed by atoms with Crippen LogP contribution in [0.3, 0.4) is 0 Å². The summed E-state index contributed by atoms with van der Waals surface area (Å²) in [5.74, 6) is -0.639. The number of nitrogens with two attached hydrogens (primary N) is 1. The lowest BCUT2D eigenvalue weighted by Crippen LogP contribution is -2.42. The number of carbonyl (C=O) groups excluding carboxylic acids is 2. The third-order valence-corrected chi connectivity index (χ3v) is 5.75. The summed E-state index contributed by atoms with van der Waals surface area (Å²) in [6, 6.07) is 19.1. The molecule has 6 nitrogen and oxygen atoms in total. The standard InChI is InChI=1S/C26H26FN3O3/c27-21-13-7-18(8-14-21)3-1-6-25(31)30-15-16-33-24(17-30)23-5-2-4-22(29-23)19-9-11-20(12-10-19)26(28)32/h2,4-5,7-14,24H,1,3,6,15-17H2,(H2,28,32)/t24-/m1/s1. The molecule has 2 aromatic carbocycles. The van der Waals surface area contributed by atoms with Crippen molar-refractivity contribution in [1.29, 1.82) is 0 Å². The maximum atomic E-state index is 13.0. The molecule has 2 N–H and O–H groups in total. The molecule has 2 heterocycles. The molecule has 1 aliphatic rings. The van der Waals surface area contributed by atoms with E-state index >= 15 is 0 Å². The summed E-state index contributed by atoms with van der Waals surface area (Å²) in [4.78, 5) is 30.6. The van der Waals surface area contributed by atoms with Gasteiger partial charge in [-0.25, -0.2) is 9.37 Å². The summed E-state index contributed by atoms with van der Waals surface area (Å²) in [6.07, 6.45) is 1.58. The highest BCUT2D eigenvalue weighted by atomic mass is 19.1. The van der Waals surface area contributed by atoms with Crippen LogP contribution < -0.4 is 5.73 Å². The first-order valence-electron chi connectivity index (χ1n) is 11.0. The van der Waals surface area contributed by atoms with Gasteiger partial charge in [0.1, 0.15) is 11.9 Å². The fourth-order valence-electron chi connectivity index (χ4n) is 3.90. The molecule has 170 valence electrons. The van der Waals surface area contributed by atoms with E-state index in [-0.39, 0.29) is 17.8 Å². The Morgan fingerprint density at radius 1 is 1.06 bits per heavy atom. The Labute approximate surface area is 192 Å². The molecule has 1 saturated heterocycles. The van der Waals surface area contributed by atoms with Crippen LogP contribution in [0.1, 0.15) is 40.6 Å². The van der Waals surface area contributed by atoms with E-state index in [1.165, 1.54) is 12.1 Å². The van der Waals surface area contributed by atoms with Gasteiger partial charge < -0.3 is 15.4 Å². The number of rotatable bonds is 7. The van der Waals surface area contributed by atoms with Gasteiger partial charge in [-0.3, -0.25) is 9.59 Å². The molecule has 7 heteroatoms. The topological polar surface area (TPSA) is 85.5 Å². The fourth-order valence-corrected chi connectivity index (χ4v) is 3.90. The maximum Gasteiger partial charge on any atom is 0.248 e. The number of halogens is 1. The van der Waals surface area contributed by atoms with Crippen LogP contribution in [0.15, 0.2) is 66.7 Å². The minimum Gasteiger partial charge on any atom is -0.368 e. The van der Waals surface area contributed by atoms with E-state index < -0.39 is 5.91 Å². The van der Waals surface area contributed by atoms with Crippen LogP contribution in [-0.4, -0.2) is 41.4 Å². The second-order valence-electron chi connectivity index (χ2n) is 8.07. The lowest BCUT2D eigenvalue weighted by Gasteiger charge is -2.33. The summed E-state index contributed by atoms with van der Waals surface area (Å²) < 4.78 is 18.9. The van der Waals surface area contributed by atoms with Crippen LogP contribution >= 0.6 is 0 Å². The van der Waals surface area contributed by atoms with E-state index in [9.17, 15) is 14.0 Å². The van der Waals surface area contributed by atoms with Gasteiger partial charge in [0.2, 0.25) is 11.8 Å². The minimum atomic E-state index is -0.471. The third kappa shape index (κ3) is 5.81. The van der Waals surface area contributed by atoms with E-state index in [4.69, 9.17) is 15.5 Å². The molecule has 0 unspecified atom stereocenters. The maximum absolute atomic E-state index is 13.0. The number of hydrogen-bond acceptors (Lipinski definition) is 4. The molecule has 0 radical (unpaired) electrons. The Morgan fingerprint density at radius 3 is 2.55 bits per heavy atom. The second kappa shape index (κ2) is 10.4. The molecule has 1 atom stereocenters. The summed E-state index contributed by atoms with van der Waals surface area (Å²) in [5.41, 5.74) is 9.16. The summed E-state index contributed by atoms with van der Waals surface area (Å²) in [6.45, 7) is 1.46. The number of pyridine rings is 1. The Hall–Kier alpha value is -3.58. The van der Waals surface area contributed by atoms with Crippen molar-refractivity contribution in [2.75, 3.05) is 19.7 Å². The third-order valence-electron chi connectivity index (χ3n) is 5.75. The average Bonchev–Trinajstić information content (AvgIpc) is 2.85. The van der Waals surface area contributed by atoms with Crippen LogP contribution in [0.2, 0.25) is 0 Å². The van der Waals surface area contributed by atoms with Gasteiger partial charge in [0.05, 0.1) is 24.5 Å². The molecular formula is C26H26FN3O3. The van der Waals surface area contributed by atoms with E-state index in [0.717, 1.165) is 28.9 Å². The summed E-state index contributed by atoms with van der Waals surface area (Å²) in [5, 5.41) is 0. The van der Waals surface area contributed by atoms with Gasteiger partial charge in [-0.1, -0.05) is 30.3 Å². The van der Waals surface area contributed by atoms with Crippen molar-refractivity contribution in [3.63, 3.8) is 0 Å². The number of benzene rings is 2. The molecule has 0 saturated carbocycles. The van der Waals surface area contributed by atoms with E-state index in [2.05, 4.69) is 0 Å². The first-order valence-corrected chi connectivity index (χ1v) is 11.0. The molecule has 0 bridgehead atoms. The average molecular weight is 448 g/mol. The van der Waals surface area contributed by atoms with E-state index in [0.29, 0.717) is 38.1 Å². The number of aromatic nitrogens is 1. The Kier molecular flexibility index (Phi) is 7.10.